The van der Waals surface area contributed by atoms with Gasteiger partial charge in [0.1, 0.15) is 22.3 Å². The SMILES string of the molecule is [2H]c1c([2H])c([2H])c2c(-c3c4c([2H])c([2H])c([2H])c([2H])c4c(-c4cccc5c(-c6ccc7c(c6)oc6ccc8ccccc8c67)cccc45)c4c([2H])c([2H])c([2H])c([2H])c34)c([2H])c([2H])c([2H])c2c1[2H].[2H]c1c([2H])c([2H])c2c([2H])c(-c3c4c([2H])c([2H])c([2H])c([2H])c4c(-c4cc(-c5ccc6c(c5)oc5ccc7ccccc7c56)cc5ccccc45)c4c([2H])c([2H])c([2H])c([2H])c34)c([2H])c([2H])c2c1[2H]. The standard InChI is InChI=1S/2C50H30O/c1-3-15-34-31(12-1)14-9-24-39(34)48-41-17-5-7-19-43(41)49(44-20-8-6-18-42(44)48)40-25-11-22-37-35(21-10-23-38(37)40)33-26-28-45-47(30-33)51-46-29-27-32-13-2-4-16-36(32)50(45)46;1-2-13-33-27-36(22-21-31(33)11-1)48-40-17-7-9-19-42(40)49(43-20-10-8-18-41(43)48)45-29-37(28-35-14-4-5-15-38(35)45)34-23-25-44-47(30-34)51-46-26-24-32-12-3-6-16-39(32)50(44)46/h2*1-30H/i1D,3D,5D,6D,7D,8D,9D,12D,14D,15D,17D,18D,19D,20D,24D;1D,2D,7D,8D,9D,10D,11D,13D,17D,18D,19D,20D,21D,22D,27D. The highest BCUT2D eigenvalue weighted by molar-refractivity contribution is 6.28. The number of rotatable bonds is 6. The molecule has 0 saturated carbocycles. The predicted octanol–water partition coefficient (Wildman–Crippen LogP) is 28.7. The maximum atomic E-state index is 9.57. The minimum absolute atomic E-state index is 0.0314. The first kappa shape index (κ1) is 35.4. The van der Waals surface area contributed by atoms with Crippen LogP contribution in [-0.4, -0.2) is 0 Å². The number of fused-ring (bicyclic) bond motifs is 18. The highest BCUT2D eigenvalue weighted by Gasteiger charge is 2.23. The van der Waals surface area contributed by atoms with Crippen molar-refractivity contribution in [1.82, 2.24) is 0 Å². The van der Waals surface area contributed by atoms with E-state index in [2.05, 4.69) is 6.07 Å². The van der Waals surface area contributed by atoms with Crippen LogP contribution in [0.1, 0.15) is 41.1 Å². The van der Waals surface area contributed by atoms with Crippen LogP contribution in [0.25, 0.3) is 218 Å². The van der Waals surface area contributed by atoms with Gasteiger partial charge in [0, 0.05) is 21.5 Å². The molecular weight excluding hydrogens is 1230 g/mol. The van der Waals surface area contributed by atoms with E-state index in [1.54, 1.807) is 30.3 Å². The summed E-state index contributed by atoms with van der Waals surface area (Å²) < 4.78 is 285. The minimum atomic E-state index is -0.759. The van der Waals surface area contributed by atoms with E-state index >= 15 is 0 Å². The molecule has 0 aliphatic carbocycles. The molecule has 2 aromatic heterocycles. The van der Waals surface area contributed by atoms with Gasteiger partial charge in [-0.2, -0.15) is 0 Å². The molecule has 0 unspecified atom stereocenters. The smallest absolute Gasteiger partial charge is 0.136 e. The third kappa shape index (κ3) is 9.06. The van der Waals surface area contributed by atoms with Gasteiger partial charge in [-0.05, 0) is 229 Å². The highest BCUT2D eigenvalue weighted by Crippen LogP contribution is 2.51. The molecule has 0 radical (unpaired) electrons. The molecule has 2 heterocycles. The highest BCUT2D eigenvalue weighted by atomic mass is 16.3. The largest absolute Gasteiger partial charge is 0.456 e. The second-order valence-electron chi connectivity index (χ2n) is 24.9. The van der Waals surface area contributed by atoms with Gasteiger partial charge in [-0.25, -0.2) is 0 Å². The van der Waals surface area contributed by atoms with E-state index < -0.39 is 214 Å². The van der Waals surface area contributed by atoms with Crippen LogP contribution in [0.5, 0.6) is 0 Å². The molecule has 0 bridgehead atoms. The number of benzene rings is 20. The van der Waals surface area contributed by atoms with E-state index in [0.29, 0.717) is 60.5 Å². The molecule has 0 fully saturated rings. The number of furan rings is 2. The Labute approximate surface area is 629 Å². The van der Waals surface area contributed by atoms with E-state index in [-0.39, 0.29) is 65.3 Å². The normalized spacial score (nSPS) is 16.0. The van der Waals surface area contributed by atoms with E-state index in [4.69, 9.17) is 34.9 Å². The fourth-order valence-corrected chi connectivity index (χ4v) is 15.1. The molecular formula is C100H60O2. The molecule has 0 aliphatic heterocycles. The van der Waals surface area contributed by atoms with Crippen molar-refractivity contribution in [3.8, 4) is 66.8 Å². The summed E-state index contributed by atoms with van der Waals surface area (Å²) in [6.45, 7) is 0. The molecule has 0 saturated heterocycles. The van der Waals surface area contributed by atoms with Crippen molar-refractivity contribution in [2.75, 3.05) is 0 Å². The van der Waals surface area contributed by atoms with Crippen LogP contribution in [0.15, 0.2) is 372 Å². The summed E-state index contributed by atoms with van der Waals surface area (Å²) in [5.74, 6) is 0. The van der Waals surface area contributed by atoms with E-state index in [1.807, 2.05) is 146 Å². The molecule has 0 aliphatic rings. The van der Waals surface area contributed by atoms with Crippen LogP contribution in [0.2, 0.25) is 0 Å². The van der Waals surface area contributed by atoms with Gasteiger partial charge in [-0.15, -0.1) is 0 Å². The quantitative estimate of drug-likeness (QED) is 0.155. The van der Waals surface area contributed by atoms with E-state index in [1.165, 1.54) is 0 Å². The molecule has 2 nitrogen and oxygen atoms in total. The van der Waals surface area contributed by atoms with Gasteiger partial charge in [0.05, 0.1) is 41.1 Å². The van der Waals surface area contributed by atoms with Crippen molar-refractivity contribution in [1.29, 1.82) is 0 Å². The second-order valence-corrected chi connectivity index (χ2v) is 24.9. The molecule has 22 aromatic rings. The van der Waals surface area contributed by atoms with Gasteiger partial charge < -0.3 is 8.83 Å². The maximum Gasteiger partial charge on any atom is 0.136 e. The predicted molar refractivity (Wildman–Crippen MR) is 435 cm³/mol. The van der Waals surface area contributed by atoms with Gasteiger partial charge in [0.25, 0.3) is 0 Å². The van der Waals surface area contributed by atoms with Crippen molar-refractivity contribution >= 4 is 152 Å². The summed E-state index contributed by atoms with van der Waals surface area (Å²) in [5, 5.41) is 6.91. The monoisotopic (exact) mass is 1320 g/mol. The van der Waals surface area contributed by atoms with Crippen LogP contribution in [0.3, 0.4) is 0 Å². The Kier molecular flexibility index (Phi) is 8.02. The Balaban J connectivity index is 0.000000159. The first-order valence-corrected chi connectivity index (χ1v) is 32.7. The van der Waals surface area contributed by atoms with Gasteiger partial charge >= 0.3 is 0 Å². The number of hydrogen-bond donors (Lipinski definition) is 0. The van der Waals surface area contributed by atoms with Gasteiger partial charge in [0.2, 0.25) is 0 Å². The van der Waals surface area contributed by atoms with Crippen molar-refractivity contribution in [3.05, 3.63) is 363 Å². The Hall–Kier alpha value is -13.4. The zero-order valence-electron chi connectivity index (χ0n) is 83.1. The lowest BCUT2D eigenvalue weighted by molar-refractivity contribution is 0.669. The van der Waals surface area contributed by atoms with Gasteiger partial charge in [-0.1, -0.05) is 309 Å². The average molecular weight is 1320 g/mol. The van der Waals surface area contributed by atoms with Crippen molar-refractivity contribution in [2.45, 2.75) is 0 Å². The molecule has 0 atom stereocenters. The molecule has 2 heteroatoms. The molecule has 472 valence electrons. The lowest BCUT2D eigenvalue weighted by Crippen LogP contribution is -1.92. The van der Waals surface area contributed by atoms with Gasteiger partial charge in [0.15, 0.2) is 0 Å². The third-order valence-corrected chi connectivity index (χ3v) is 19.5. The lowest BCUT2D eigenvalue weighted by atomic mass is 9.83. The Morgan fingerprint density at radius 1 is 0.186 bits per heavy atom. The average Bonchev–Trinajstić information content (AvgIpc) is 0.722. The summed E-state index contributed by atoms with van der Waals surface area (Å²) in [5.41, 5.74) is 4.74. The fourth-order valence-electron chi connectivity index (χ4n) is 15.1. The molecule has 22 rings (SSSR count). The summed E-state index contributed by atoms with van der Waals surface area (Å²) in [6.07, 6.45) is 0. The molecule has 102 heavy (non-hydrogen) atoms. The topological polar surface area (TPSA) is 26.3 Å². The molecule has 0 spiro atoms. The second kappa shape index (κ2) is 23.1. The summed E-state index contributed by atoms with van der Waals surface area (Å²) >= 11 is 0. The molecule has 20 aromatic carbocycles. The minimum Gasteiger partial charge on any atom is -0.456 e. The Morgan fingerprint density at radius 2 is 0.627 bits per heavy atom. The summed E-state index contributed by atoms with van der Waals surface area (Å²) in [4.78, 5) is 0. The first-order chi connectivity index (χ1) is 63.1. The maximum absolute atomic E-state index is 9.57. The summed E-state index contributed by atoms with van der Waals surface area (Å²) in [7, 11) is 0. The van der Waals surface area contributed by atoms with Crippen LogP contribution in [0, 0.1) is 0 Å². The number of hydrogen-bond acceptors (Lipinski definition) is 2. The van der Waals surface area contributed by atoms with Crippen LogP contribution in [-0.2, 0) is 0 Å². The lowest BCUT2D eigenvalue weighted by Gasteiger charge is -2.20. The van der Waals surface area contributed by atoms with Crippen molar-refractivity contribution < 1.29 is 50.0 Å². The van der Waals surface area contributed by atoms with Crippen LogP contribution >= 0.6 is 0 Å². The first-order valence-electron chi connectivity index (χ1n) is 47.7. The molecule has 0 N–H and O–H groups in total. The van der Waals surface area contributed by atoms with E-state index in [0.717, 1.165) is 59.8 Å². The fraction of sp³-hybridized carbons (Fsp3) is 0. The zero-order valence-corrected chi connectivity index (χ0v) is 53.1. The van der Waals surface area contributed by atoms with E-state index in [9.17, 15) is 15.1 Å². The summed E-state index contributed by atoms with van der Waals surface area (Å²) in [6, 6.07) is 37.5. The third-order valence-electron chi connectivity index (χ3n) is 19.5. The Bertz CT molecular complexity index is 9010. The molecule has 0 amide bonds. The van der Waals surface area contributed by atoms with Crippen molar-refractivity contribution in [2.24, 2.45) is 0 Å². The zero-order chi connectivity index (χ0) is 93.0. The Morgan fingerprint density at radius 3 is 1.23 bits per heavy atom. The van der Waals surface area contributed by atoms with Crippen molar-refractivity contribution in [3.63, 3.8) is 0 Å². The van der Waals surface area contributed by atoms with Crippen LogP contribution < -0.4 is 0 Å². The van der Waals surface area contributed by atoms with Gasteiger partial charge in [-0.3, -0.25) is 0 Å². The van der Waals surface area contributed by atoms with Crippen LogP contribution in [0.4, 0.5) is 0 Å².